The minimum Gasteiger partial charge on any atom is -0.479 e. The van der Waals surface area contributed by atoms with Crippen LogP contribution in [0.25, 0.3) is 6.08 Å². The molecule has 0 saturated carbocycles. The number of hydrogen-bond donors (Lipinski definition) is 1. The average Bonchev–Trinajstić information content (AvgIpc) is 2.78. The van der Waals surface area contributed by atoms with E-state index in [1.54, 1.807) is 42.9 Å². The van der Waals surface area contributed by atoms with Crippen molar-refractivity contribution in [3.63, 3.8) is 0 Å². The highest BCUT2D eigenvalue weighted by molar-refractivity contribution is 6.08. The van der Waals surface area contributed by atoms with Gasteiger partial charge in [0.15, 0.2) is 11.9 Å². The number of carbonyl (C=O) groups is 2. The van der Waals surface area contributed by atoms with Crippen LogP contribution in [0, 0.1) is 13.8 Å². The number of nitrogens with zero attached hydrogens (tertiary/aromatic N) is 2. The van der Waals surface area contributed by atoms with Crippen molar-refractivity contribution in [2.45, 2.75) is 26.9 Å². The maximum absolute atomic E-state index is 12.4. The number of rotatable bonds is 6. The normalized spacial score (nSPS) is 12.3. The fourth-order valence-corrected chi connectivity index (χ4v) is 2.33. The lowest BCUT2D eigenvalue weighted by atomic mass is 10.1. The van der Waals surface area contributed by atoms with Crippen LogP contribution in [-0.4, -0.2) is 32.7 Å². The molecule has 0 aliphatic carbocycles. The summed E-state index contributed by atoms with van der Waals surface area (Å²) in [4.78, 5) is 23.2. The zero-order valence-corrected chi connectivity index (χ0v) is 14.1. The van der Waals surface area contributed by atoms with E-state index < -0.39 is 12.1 Å². The van der Waals surface area contributed by atoms with Crippen LogP contribution in [-0.2, 0) is 11.8 Å². The van der Waals surface area contributed by atoms with Crippen LogP contribution in [0.5, 0.6) is 5.75 Å². The Kier molecular flexibility index (Phi) is 5.18. The molecule has 0 aliphatic heterocycles. The maximum atomic E-state index is 12.4. The third-order valence-electron chi connectivity index (χ3n) is 3.70. The summed E-state index contributed by atoms with van der Waals surface area (Å²) in [5.41, 5.74) is 2.85. The average molecular weight is 328 g/mol. The standard InChI is InChI=1S/C18H20N2O4/c1-11-17(12(2)20(4)19-11)16(21)9-8-14-6-5-7-15(10-14)24-13(3)18(22)23/h5-10,13H,1-4H3,(H,22,23). The van der Waals surface area contributed by atoms with E-state index in [1.807, 2.05) is 13.0 Å². The van der Waals surface area contributed by atoms with Gasteiger partial charge in [0, 0.05) is 12.7 Å². The summed E-state index contributed by atoms with van der Waals surface area (Å²) in [7, 11) is 1.80. The summed E-state index contributed by atoms with van der Waals surface area (Å²) < 4.78 is 7.00. The molecule has 2 aromatic rings. The minimum atomic E-state index is -1.03. The summed E-state index contributed by atoms with van der Waals surface area (Å²) in [5.74, 6) is -0.717. The Bertz CT molecular complexity index is 805. The van der Waals surface area contributed by atoms with Gasteiger partial charge in [-0.25, -0.2) is 4.79 Å². The van der Waals surface area contributed by atoms with Gasteiger partial charge in [0.25, 0.3) is 0 Å². The quantitative estimate of drug-likeness (QED) is 0.651. The van der Waals surface area contributed by atoms with Crippen LogP contribution >= 0.6 is 0 Å². The lowest BCUT2D eigenvalue weighted by Gasteiger charge is -2.10. The van der Waals surface area contributed by atoms with Gasteiger partial charge in [-0.15, -0.1) is 0 Å². The van der Waals surface area contributed by atoms with Crippen molar-refractivity contribution in [2.75, 3.05) is 0 Å². The predicted octanol–water partition coefficient (Wildman–Crippen LogP) is 2.78. The van der Waals surface area contributed by atoms with Crippen molar-refractivity contribution >= 4 is 17.8 Å². The molecular formula is C18H20N2O4. The number of aryl methyl sites for hydroxylation is 2. The van der Waals surface area contributed by atoms with E-state index in [0.29, 0.717) is 17.0 Å². The van der Waals surface area contributed by atoms with Crippen molar-refractivity contribution in [1.82, 2.24) is 9.78 Å². The molecule has 24 heavy (non-hydrogen) atoms. The van der Waals surface area contributed by atoms with Gasteiger partial charge < -0.3 is 9.84 Å². The number of ether oxygens (including phenoxy) is 1. The van der Waals surface area contributed by atoms with Crippen molar-refractivity contribution in [1.29, 1.82) is 0 Å². The Labute approximate surface area is 140 Å². The Hall–Kier alpha value is -2.89. The number of carboxylic acid groups (broad SMARTS) is 1. The van der Waals surface area contributed by atoms with E-state index in [0.717, 1.165) is 11.3 Å². The summed E-state index contributed by atoms with van der Waals surface area (Å²) in [6, 6.07) is 6.92. The lowest BCUT2D eigenvalue weighted by molar-refractivity contribution is -0.144. The van der Waals surface area contributed by atoms with Gasteiger partial charge >= 0.3 is 5.97 Å². The first-order chi connectivity index (χ1) is 11.3. The number of hydrogen-bond acceptors (Lipinski definition) is 4. The predicted molar refractivity (Wildman–Crippen MR) is 90.2 cm³/mol. The zero-order chi connectivity index (χ0) is 17.9. The first-order valence-electron chi connectivity index (χ1n) is 7.51. The van der Waals surface area contributed by atoms with E-state index in [4.69, 9.17) is 9.84 Å². The lowest BCUT2D eigenvalue weighted by Crippen LogP contribution is -2.22. The first-order valence-corrected chi connectivity index (χ1v) is 7.51. The van der Waals surface area contributed by atoms with Crippen LogP contribution in [0.15, 0.2) is 30.3 Å². The molecule has 2 rings (SSSR count). The topological polar surface area (TPSA) is 81.4 Å². The van der Waals surface area contributed by atoms with Crippen LogP contribution in [0.1, 0.15) is 34.2 Å². The van der Waals surface area contributed by atoms with E-state index in [-0.39, 0.29) is 5.78 Å². The van der Waals surface area contributed by atoms with E-state index >= 15 is 0 Å². The number of benzene rings is 1. The Balaban J connectivity index is 2.17. The SMILES string of the molecule is Cc1nn(C)c(C)c1C(=O)C=Cc1cccc(OC(C)C(=O)O)c1. The van der Waals surface area contributed by atoms with Gasteiger partial charge in [0.2, 0.25) is 0 Å². The number of allylic oxidation sites excluding steroid dienone is 1. The molecule has 1 aromatic heterocycles. The Morgan fingerprint density at radius 3 is 2.62 bits per heavy atom. The molecular weight excluding hydrogens is 308 g/mol. The number of aliphatic carboxylic acids is 1. The fourth-order valence-electron chi connectivity index (χ4n) is 2.33. The summed E-state index contributed by atoms with van der Waals surface area (Å²) in [5, 5.41) is 13.1. The van der Waals surface area contributed by atoms with Gasteiger partial charge in [-0.05, 0) is 44.5 Å². The third-order valence-corrected chi connectivity index (χ3v) is 3.70. The van der Waals surface area contributed by atoms with Gasteiger partial charge in [-0.2, -0.15) is 5.10 Å². The molecule has 0 saturated heterocycles. The van der Waals surface area contributed by atoms with Gasteiger partial charge in [0.1, 0.15) is 5.75 Å². The monoisotopic (exact) mass is 328 g/mol. The minimum absolute atomic E-state index is 0.122. The highest BCUT2D eigenvalue weighted by atomic mass is 16.5. The molecule has 6 heteroatoms. The van der Waals surface area contributed by atoms with E-state index in [1.165, 1.54) is 13.0 Å². The molecule has 0 radical (unpaired) electrons. The highest BCUT2D eigenvalue weighted by Gasteiger charge is 2.15. The molecule has 0 bridgehead atoms. The Morgan fingerprint density at radius 2 is 2.04 bits per heavy atom. The second-order valence-electron chi connectivity index (χ2n) is 5.54. The van der Waals surface area contributed by atoms with Crippen LogP contribution < -0.4 is 4.74 Å². The number of aromatic nitrogens is 2. The van der Waals surface area contributed by atoms with E-state index in [9.17, 15) is 9.59 Å². The van der Waals surface area contributed by atoms with Gasteiger partial charge in [-0.1, -0.05) is 18.2 Å². The molecule has 1 aromatic carbocycles. The second-order valence-corrected chi connectivity index (χ2v) is 5.54. The molecule has 0 spiro atoms. The van der Waals surface area contributed by atoms with E-state index in [2.05, 4.69) is 5.10 Å². The Morgan fingerprint density at radius 1 is 1.33 bits per heavy atom. The first kappa shape index (κ1) is 17.5. The van der Waals surface area contributed by atoms with Crippen molar-refractivity contribution in [2.24, 2.45) is 7.05 Å². The molecule has 1 N–H and O–H groups in total. The molecule has 126 valence electrons. The smallest absolute Gasteiger partial charge is 0.344 e. The molecule has 0 amide bonds. The number of carbonyl (C=O) groups excluding carboxylic acids is 1. The van der Waals surface area contributed by atoms with Crippen molar-refractivity contribution in [3.8, 4) is 5.75 Å². The molecule has 1 atom stereocenters. The third kappa shape index (κ3) is 3.90. The highest BCUT2D eigenvalue weighted by Crippen LogP contribution is 2.18. The molecule has 0 aliphatic rings. The van der Waals surface area contributed by atoms with Gasteiger partial charge in [-0.3, -0.25) is 9.48 Å². The maximum Gasteiger partial charge on any atom is 0.344 e. The molecule has 0 fully saturated rings. The summed E-state index contributed by atoms with van der Waals surface area (Å²) >= 11 is 0. The molecule has 1 unspecified atom stereocenters. The number of ketones is 1. The fraction of sp³-hybridized carbons (Fsp3) is 0.278. The summed E-state index contributed by atoms with van der Waals surface area (Å²) in [6.45, 7) is 5.11. The second kappa shape index (κ2) is 7.12. The van der Waals surface area contributed by atoms with Crippen LogP contribution in [0.2, 0.25) is 0 Å². The molecule has 6 nitrogen and oxygen atoms in total. The largest absolute Gasteiger partial charge is 0.479 e. The zero-order valence-electron chi connectivity index (χ0n) is 14.1. The van der Waals surface area contributed by atoms with Gasteiger partial charge in [0.05, 0.1) is 11.3 Å². The van der Waals surface area contributed by atoms with Crippen LogP contribution in [0.3, 0.4) is 0 Å². The van der Waals surface area contributed by atoms with Crippen molar-refractivity contribution in [3.05, 3.63) is 52.9 Å². The van der Waals surface area contributed by atoms with Crippen molar-refractivity contribution < 1.29 is 19.4 Å². The van der Waals surface area contributed by atoms with Crippen LogP contribution in [0.4, 0.5) is 0 Å². The summed E-state index contributed by atoms with van der Waals surface area (Å²) in [6.07, 6.45) is 2.22. The molecule has 1 heterocycles. The number of carboxylic acids is 1.